The van der Waals surface area contributed by atoms with Gasteiger partial charge >= 0.3 is 5.97 Å². The molecule has 5 nitrogen and oxygen atoms in total. The number of hydrogen-bond donors (Lipinski definition) is 2. The third kappa shape index (κ3) is 1.87. The molecule has 1 fully saturated rings. The van der Waals surface area contributed by atoms with E-state index in [0.717, 1.165) is 11.3 Å². The van der Waals surface area contributed by atoms with Crippen LogP contribution in [0.2, 0.25) is 0 Å². The summed E-state index contributed by atoms with van der Waals surface area (Å²) in [5.74, 6) is -0.180. The molecule has 1 aliphatic heterocycles. The molecule has 0 spiro atoms. The number of aliphatic carboxylic acids is 1. The van der Waals surface area contributed by atoms with E-state index in [2.05, 4.69) is 10.4 Å². The first-order valence-corrected chi connectivity index (χ1v) is 5.73. The minimum absolute atomic E-state index is 0.0554. The van der Waals surface area contributed by atoms with E-state index in [-0.39, 0.29) is 5.37 Å². The Morgan fingerprint density at radius 1 is 1.80 bits per heavy atom. The normalized spacial score (nSPS) is 25.7. The highest BCUT2D eigenvalue weighted by Crippen LogP contribution is 2.34. The third-order valence-electron chi connectivity index (χ3n) is 2.64. The highest BCUT2D eigenvalue weighted by molar-refractivity contribution is 7.99. The van der Waals surface area contributed by atoms with Gasteiger partial charge in [-0.1, -0.05) is 0 Å². The molecule has 1 aromatic heterocycles. The van der Waals surface area contributed by atoms with Crippen molar-refractivity contribution < 1.29 is 9.90 Å². The van der Waals surface area contributed by atoms with Crippen molar-refractivity contribution in [3.63, 3.8) is 0 Å². The highest BCUT2D eigenvalue weighted by Gasteiger charge is 2.31. The molecule has 0 saturated carbocycles. The number of aryl methyl sites for hydroxylation is 1. The van der Waals surface area contributed by atoms with Crippen LogP contribution < -0.4 is 5.32 Å². The molecule has 2 atom stereocenters. The maximum Gasteiger partial charge on any atom is 0.321 e. The second-order valence-electron chi connectivity index (χ2n) is 3.58. The van der Waals surface area contributed by atoms with E-state index in [9.17, 15) is 4.79 Å². The molecule has 0 amide bonds. The summed E-state index contributed by atoms with van der Waals surface area (Å²) < 4.78 is 1.80. The van der Waals surface area contributed by atoms with Gasteiger partial charge in [-0.3, -0.25) is 14.8 Å². The van der Waals surface area contributed by atoms with Gasteiger partial charge in [-0.2, -0.15) is 5.10 Å². The largest absolute Gasteiger partial charge is 0.480 e. The maximum atomic E-state index is 10.8. The van der Waals surface area contributed by atoms with Crippen molar-refractivity contribution in [3.05, 3.63) is 17.5 Å². The van der Waals surface area contributed by atoms with E-state index in [4.69, 9.17) is 5.11 Å². The average Bonchev–Trinajstić information content (AvgIpc) is 2.76. The van der Waals surface area contributed by atoms with Crippen LogP contribution in [0.3, 0.4) is 0 Å². The predicted molar refractivity (Wildman–Crippen MR) is 57.7 cm³/mol. The summed E-state index contributed by atoms with van der Waals surface area (Å²) in [5, 5.41) is 16.1. The fourth-order valence-electron chi connectivity index (χ4n) is 1.57. The molecule has 0 aliphatic carbocycles. The molecule has 2 rings (SSSR count). The molecule has 1 unspecified atom stereocenters. The van der Waals surface area contributed by atoms with Gasteiger partial charge in [0.25, 0.3) is 0 Å². The van der Waals surface area contributed by atoms with Crippen LogP contribution in [0.15, 0.2) is 6.20 Å². The van der Waals surface area contributed by atoms with Crippen LogP contribution in [0.4, 0.5) is 0 Å². The summed E-state index contributed by atoms with van der Waals surface area (Å²) in [6.45, 7) is 1.98. The van der Waals surface area contributed by atoms with E-state index < -0.39 is 12.0 Å². The molecule has 0 aromatic carbocycles. The zero-order chi connectivity index (χ0) is 11.0. The molecule has 0 radical (unpaired) electrons. The van der Waals surface area contributed by atoms with Gasteiger partial charge in [0.2, 0.25) is 0 Å². The van der Waals surface area contributed by atoms with Crippen molar-refractivity contribution in [2.75, 3.05) is 5.75 Å². The molecule has 15 heavy (non-hydrogen) atoms. The first kappa shape index (κ1) is 10.5. The number of carboxylic acid groups (broad SMARTS) is 1. The number of nitrogens with one attached hydrogen (secondary N) is 1. The predicted octanol–water partition coefficient (Wildman–Crippen LogP) is 0.517. The summed E-state index contributed by atoms with van der Waals surface area (Å²) >= 11 is 1.61. The zero-order valence-corrected chi connectivity index (χ0v) is 9.41. The number of carbonyl (C=O) groups is 1. The van der Waals surface area contributed by atoms with E-state index in [0.29, 0.717) is 5.75 Å². The maximum absolute atomic E-state index is 10.8. The number of thioether (sulfide) groups is 1. The number of nitrogens with zero attached hydrogens (tertiary/aromatic N) is 2. The quantitative estimate of drug-likeness (QED) is 0.771. The molecule has 1 aliphatic rings. The highest BCUT2D eigenvalue weighted by atomic mass is 32.2. The van der Waals surface area contributed by atoms with Crippen molar-refractivity contribution in [2.45, 2.75) is 18.3 Å². The van der Waals surface area contributed by atoms with Gasteiger partial charge in [0.15, 0.2) is 0 Å². The third-order valence-corrected chi connectivity index (χ3v) is 3.89. The van der Waals surface area contributed by atoms with Gasteiger partial charge < -0.3 is 5.11 Å². The van der Waals surface area contributed by atoms with Crippen LogP contribution in [0, 0.1) is 6.92 Å². The Morgan fingerprint density at radius 2 is 2.53 bits per heavy atom. The van der Waals surface area contributed by atoms with E-state index in [1.807, 2.05) is 14.0 Å². The minimum atomic E-state index is -0.786. The lowest BCUT2D eigenvalue weighted by Gasteiger charge is -2.10. The van der Waals surface area contributed by atoms with Gasteiger partial charge in [0, 0.05) is 24.1 Å². The Kier molecular flexibility index (Phi) is 2.70. The number of aromatic nitrogens is 2. The lowest BCUT2D eigenvalue weighted by Crippen LogP contribution is -2.33. The fourth-order valence-corrected chi connectivity index (χ4v) is 2.86. The fraction of sp³-hybridized carbons (Fsp3) is 0.556. The summed E-state index contributed by atoms with van der Waals surface area (Å²) in [6.07, 6.45) is 1.80. The van der Waals surface area contributed by atoms with Crippen molar-refractivity contribution in [1.29, 1.82) is 0 Å². The Morgan fingerprint density at radius 3 is 3.00 bits per heavy atom. The van der Waals surface area contributed by atoms with E-state index in [1.54, 1.807) is 22.6 Å². The van der Waals surface area contributed by atoms with Crippen molar-refractivity contribution in [2.24, 2.45) is 7.05 Å². The zero-order valence-electron chi connectivity index (χ0n) is 8.60. The average molecular weight is 227 g/mol. The molecular weight excluding hydrogens is 214 g/mol. The smallest absolute Gasteiger partial charge is 0.321 e. The molecule has 1 aromatic rings. The lowest BCUT2D eigenvalue weighted by atomic mass is 10.2. The monoisotopic (exact) mass is 227 g/mol. The van der Waals surface area contributed by atoms with Crippen LogP contribution in [0.25, 0.3) is 0 Å². The van der Waals surface area contributed by atoms with Crippen molar-refractivity contribution >= 4 is 17.7 Å². The van der Waals surface area contributed by atoms with Crippen LogP contribution in [-0.4, -0.2) is 32.7 Å². The Hall–Kier alpha value is -1.01. The summed E-state index contributed by atoms with van der Waals surface area (Å²) in [5.41, 5.74) is 2.15. The Balaban J connectivity index is 2.14. The van der Waals surface area contributed by atoms with Crippen LogP contribution in [0.5, 0.6) is 0 Å². The number of carboxylic acids is 1. The molecule has 82 valence electrons. The van der Waals surface area contributed by atoms with Gasteiger partial charge in [-0.05, 0) is 6.92 Å². The summed E-state index contributed by atoms with van der Waals surface area (Å²) in [4.78, 5) is 10.8. The first-order valence-electron chi connectivity index (χ1n) is 4.68. The second kappa shape index (κ2) is 3.86. The van der Waals surface area contributed by atoms with Gasteiger partial charge in [0.1, 0.15) is 6.04 Å². The van der Waals surface area contributed by atoms with Crippen LogP contribution in [0.1, 0.15) is 16.6 Å². The van der Waals surface area contributed by atoms with E-state index in [1.165, 1.54) is 0 Å². The standard InChI is InChI=1S/C9H13N3O2S/c1-5-6(3-10-12(5)2)8-11-7(4-15-8)9(13)14/h3,7-8,11H,4H2,1-2H3,(H,13,14)/t7-,8?/m1/s1. The van der Waals surface area contributed by atoms with Crippen molar-refractivity contribution in [3.8, 4) is 0 Å². The first-order chi connectivity index (χ1) is 7.09. The number of rotatable bonds is 2. The summed E-state index contributed by atoms with van der Waals surface area (Å²) in [7, 11) is 1.88. The van der Waals surface area contributed by atoms with Gasteiger partial charge in [-0.25, -0.2) is 0 Å². The Bertz CT molecular complexity index is 391. The van der Waals surface area contributed by atoms with Crippen LogP contribution >= 0.6 is 11.8 Å². The SMILES string of the molecule is Cc1c(C2N[C@@H](C(=O)O)CS2)cnn1C. The topological polar surface area (TPSA) is 67.2 Å². The number of hydrogen-bond acceptors (Lipinski definition) is 4. The molecule has 2 heterocycles. The minimum Gasteiger partial charge on any atom is -0.480 e. The molecule has 2 N–H and O–H groups in total. The summed E-state index contributed by atoms with van der Waals surface area (Å²) in [6, 6.07) is -0.445. The molecule has 6 heteroatoms. The lowest BCUT2D eigenvalue weighted by molar-refractivity contribution is -0.138. The second-order valence-corrected chi connectivity index (χ2v) is 4.72. The Labute approximate surface area is 91.9 Å². The molecular formula is C9H13N3O2S. The molecule has 0 bridgehead atoms. The van der Waals surface area contributed by atoms with Crippen molar-refractivity contribution in [1.82, 2.24) is 15.1 Å². The van der Waals surface area contributed by atoms with Gasteiger partial charge in [0.05, 0.1) is 11.6 Å². The van der Waals surface area contributed by atoms with E-state index >= 15 is 0 Å². The van der Waals surface area contributed by atoms with Crippen LogP contribution in [-0.2, 0) is 11.8 Å². The molecule has 1 saturated heterocycles. The van der Waals surface area contributed by atoms with Gasteiger partial charge in [-0.15, -0.1) is 11.8 Å².